The molecule has 1 fully saturated rings. The Bertz CT molecular complexity index is 848. The molecule has 0 saturated carbocycles. The molecule has 2 aromatic rings. The van der Waals surface area contributed by atoms with Gasteiger partial charge < -0.3 is 9.15 Å². The van der Waals surface area contributed by atoms with Crippen molar-refractivity contribution in [2.45, 2.75) is 13.5 Å². The van der Waals surface area contributed by atoms with Gasteiger partial charge in [-0.05, 0) is 49.0 Å². The van der Waals surface area contributed by atoms with E-state index in [2.05, 4.69) is 4.74 Å². The zero-order valence-electron chi connectivity index (χ0n) is 12.9. The lowest BCUT2D eigenvalue weighted by atomic mass is 10.3. The first-order valence-corrected chi connectivity index (χ1v) is 8.60. The van der Waals surface area contributed by atoms with Crippen LogP contribution in [0.3, 0.4) is 0 Å². The van der Waals surface area contributed by atoms with Crippen molar-refractivity contribution in [1.29, 1.82) is 0 Å². The van der Waals surface area contributed by atoms with Gasteiger partial charge in [-0.2, -0.15) is 0 Å². The maximum atomic E-state index is 12.4. The van der Waals surface area contributed by atoms with Gasteiger partial charge >= 0.3 is 5.97 Å². The largest absolute Gasteiger partial charge is 0.463 e. The predicted molar refractivity (Wildman–Crippen MR) is 90.6 cm³/mol. The molecule has 1 aliphatic rings. The second kappa shape index (κ2) is 6.66. The van der Waals surface area contributed by atoms with E-state index in [-0.39, 0.29) is 23.5 Å². The Labute approximate surface area is 146 Å². The number of thiophene rings is 1. The smallest absolute Gasteiger partial charge is 0.373 e. The Hall–Kier alpha value is -2.32. The maximum absolute atomic E-state index is 12.4. The first kappa shape index (κ1) is 16.5. The predicted octanol–water partition coefficient (Wildman–Crippen LogP) is 3.67. The molecule has 0 unspecified atom stereocenters. The molecular formula is C16H13NO5S2. The van der Waals surface area contributed by atoms with Crippen molar-refractivity contribution in [2.24, 2.45) is 0 Å². The van der Waals surface area contributed by atoms with Crippen molar-refractivity contribution in [3.63, 3.8) is 0 Å². The number of ether oxygens (including phenoxy) is 1. The van der Waals surface area contributed by atoms with E-state index in [0.29, 0.717) is 10.7 Å². The van der Waals surface area contributed by atoms with E-state index in [1.165, 1.54) is 13.2 Å². The lowest BCUT2D eigenvalue weighted by Gasteiger charge is -2.09. The summed E-state index contributed by atoms with van der Waals surface area (Å²) < 4.78 is 9.86. The molecule has 1 saturated heterocycles. The summed E-state index contributed by atoms with van der Waals surface area (Å²) in [6, 6.07) is 6.85. The normalized spacial score (nSPS) is 16.2. The number of hydrogen-bond donors (Lipinski definition) is 0. The first-order chi connectivity index (χ1) is 11.5. The van der Waals surface area contributed by atoms with E-state index in [4.69, 9.17) is 4.42 Å². The van der Waals surface area contributed by atoms with Crippen LogP contribution in [0, 0.1) is 6.92 Å². The molecule has 6 nitrogen and oxygen atoms in total. The van der Waals surface area contributed by atoms with Crippen molar-refractivity contribution < 1.29 is 23.5 Å². The molecule has 3 heterocycles. The zero-order valence-corrected chi connectivity index (χ0v) is 14.5. The van der Waals surface area contributed by atoms with Gasteiger partial charge in [-0.1, -0.05) is 0 Å². The molecule has 0 N–H and O–H groups in total. The number of carbonyl (C=O) groups is 3. The van der Waals surface area contributed by atoms with Gasteiger partial charge in [0.1, 0.15) is 5.76 Å². The number of aryl methyl sites for hydroxylation is 1. The highest BCUT2D eigenvalue weighted by molar-refractivity contribution is 8.18. The van der Waals surface area contributed by atoms with Crippen LogP contribution in [-0.4, -0.2) is 29.1 Å². The fraction of sp³-hybridized carbons (Fsp3) is 0.188. The van der Waals surface area contributed by atoms with Crippen LogP contribution in [0.1, 0.15) is 26.1 Å². The van der Waals surface area contributed by atoms with Gasteiger partial charge in [0.15, 0.2) is 0 Å². The van der Waals surface area contributed by atoms with Crippen LogP contribution in [0.15, 0.2) is 33.6 Å². The van der Waals surface area contributed by atoms with E-state index in [9.17, 15) is 14.4 Å². The van der Waals surface area contributed by atoms with Crippen molar-refractivity contribution in [1.82, 2.24) is 4.90 Å². The molecule has 0 atom stereocenters. The van der Waals surface area contributed by atoms with Gasteiger partial charge in [-0.3, -0.25) is 14.5 Å². The average molecular weight is 363 g/mol. The van der Waals surface area contributed by atoms with E-state index < -0.39 is 5.97 Å². The number of furan rings is 1. The second-order valence-electron chi connectivity index (χ2n) is 4.97. The monoisotopic (exact) mass is 363 g/mol. The highest BCUT2D eigenvalue weighted by Crippen LogP contribution is 2.34. The van der Waals surface area contributed by atoms with Crippen LogP contribution in [0.4, 0.5) is 4.79 Å². The number of esters is 1. The van der Waals surface area contributed by atoms with Crippen molar-refractivity contribution in [3.05, 3.63) is 50.4 Å². The maximum Gasteiger partial charge on any atom is 0.373 e. The molecule has 3 rings (SSSR count). The minimum atomic E-state index is -0.608. The Morgan fingerprint density at radius 3 is 2.75 bits per heavy atom. The topological polar surface area (TPSA) is 76.8 Å². The average Bonchev–Trinajstić information content (AvgIpc) is 3.24. The Morgan fingerprint density at radius 2 is 2.08 bits per heavy atom. The third-order valence-corrected chi connectivity index (χ3v) is 5.13. The Morgan fingerprint density at radius 1 is 1.29 bits per heavy atom. The fourth-order valence-electron chi connectivity index (χ4n) is 2.13. The number of rotatable bonds is 4. The van der Waals surface area contributed by atoms with Crippen molar-refractivity contribution >= 4 is 46.3 Å². The lowest BCUT2D eigenvalue weighted by molar-refractivity contribution is -0.123. The number of carbonyl (C=O) groups excluding carboxylic acids is 3. The third-order valence-electron chi connectivity index (χ3n) is 3.27. The van der Waals surface area contributed by atoms with Gasteiger partial charge in [-0.25, -0.2) is 4.79 Å². The molecule has 0 radical (unpaired) electrons. The summed E-state index contributed by atoms with van der Waals surface area (Å²) in [4.78, 5) is 39.4. The second-order valence-corrected chi connectivity index (χ2v) is 7.29. The van der Waals surface area contributed by atoms with Gasteiger partial charge in [0.2, 0.25) is 5.76 Å². The molecule has 0 bridgehead atoms. The fourth-order valence-corrected chi connectivity index (χ4v) is 3.85. The number of nitrogens with zero attached hydrogens (tertiary/aromatic N) is 1. The number of methoxy groups -OCH3 is 1. The summed E-state index contributed by atoms with van der Waals surface area (Å²) in [5.41, 5.74) is 0. The van der Waals surface area contributed by atoms with Crippen LogP contribution < -0.4 is 0 Å². The van der Waals surface area contributed by atoms with Crippen LogP contribution in [0.2, 0.25) is 0 Å². The van der Waals surface area contributed by atoms with E-state index in [1.807, 2.05) is 19.1 Å². The summed E-state index contributed by atoms with van der Waals surface area (Å²) in [6.45, 7) is 1.95. The molecule has 1 aliphatic heterocycles. The molecular weight excluding hydrogens is 350 g/mol. The SMILES string of the molecule is COC(=O)c1ccc(CN2C(=O)S/C(=C/c3ccc(C)s3)C2=O)o1. The molecule has 0 aromatic carbocycles. The van der Waals surface area contributed by atoms with Gasteiger partial charge in [-0.15, -0.1) is 11.3 Å². The molecule has 2 amide bonds. The summed E-state index contributed by atoms with van der Waals surface area (Å²) >= 11 is 2.45. The van der Waals surface area contributed by atoms with E-state index >= 15 is 0 Å². The summed E-state index contributed by atoms with van der Waals surface area (Å²) in [7, 11) is 1.25. The molecule has 0 aliphatic carbocycles. The minimum Gasteiger partial charge on any atom is -0.463 e. The molecule has 0 spiro atoms. The van der Waals surface area contributed by atoms with Gasteiger partial charge in [0.25, 0.3) is 11.1 Å². The molecule has 8 heteroatoms. The Balaban J connectivity index is 1.76. The van der Waals surface area contributed by atoms with Crippen molar-refractivity contribution in [3.8, 4) is 0 Å². The summed E-state index contributed by atoms with van der Waals surface area (Å²) in [5, 5.41) is -0.365. The highest BCUT2D eigenvalue weighted by Gasteiger charge is 2.35. The van der Waals surface area contributed by atoms with E-state index in [1.54, 1.807) is 23.5 Å². The zero-order chi connectivity index (χ0) is 17.3. The quantitative estimate of drug-likeness (QED) is 0.609. The van der Waals surface area contributed by atoms with Gasteiger partial charge in [0, 0.05) is 9.75 Å². The third kappa shape index (κ3) is 3.29. The standard InChI is InChI=1S/C16H13NO5S2/c1-9-3-5-11(23-9)7-13-14(18)17(16(20)24-13)8-10-4-6-12(22-10)15(19)21-2/h3-7H,8H2,1-2H3/b13-7+. The first-order valence-electron chi connectivity index (χ1n) is 6.97. The molecule has 24 heavy (non-hydrogen) atoms. The van der Waals surface area contributed by atoms with Crippen LogP contribution in [0.5, 0.6) is 0 Å². The number of hydrogen-bond acceptors (Lipinski definition) is 7. The van der Waals surface area contributed by atoms with Gasteiger partial charge in [0.05, 0.1) is 18.6 Å². The van der Waals surface area contributed by atoms with Crippen molar-refractivity contribution in [2.75, 3.05) is 7.11 Å². The summed E-state index contributed by atoms with van der Waals surface area (Å²) in [6.07, 6.45) is 1.71. The van der Waals surface area contributed by atoms with Crippen LogP contribution in [0.25, 0.3) is 6.08 Å². The number of imide groups is 1. The lowest BCUT2D eigenvalue weighted by Crippen LogP contribution is -2.27. The highest BCUT2D eigenvalue weighted by atomic mass is 32.2. The van der Waals surface area contributed by atoms with Crippen LogP contribution in [-0.2, 0) is 16.1 Å². The van der Waals surface area contributed by atoms with E-state index in [0.717, 1.165) is 26.4 Å². The Kier molecular flexibility index (Phi) is 4.59. The number of amides is 2. The minimum absolute atomic E-state index is 0.0253. The summed E-state index contributed by atoms with van der Waals surface area (Å²) in [5.74, 6) is -0.606. The number of thioether (sulfide) groups is 1. The molecule has 2 aromatic heterocycles. The van der Waals surface area contributed by atoms with Crippen LogP contribution >= 0.6 is 23.1 Å². The molecule has 124 valence electrons.